The summed E-state index contributed by atoms with van der Waals surface area (Å²) in [5.41, 5.74) is 0.807. The number of pyridine rings is 2. The van der Waals surface area contributed by atoms with Crippen molar-refractivity contribution in [1.82, 2.24) is 9.55 Å². The molecule has 0 aliphatic rings. The Kier molecular flexibility index (Phi) is 2.22. The molecule has 17 heavy (non-hydrogen) atoms. The molecule has 0 aliphatic carbocycles. The van der Waals surface area contributed by atoms with Crippen LogP contribution in [-0.2, 0) is 0 Å². The Labute approximate surface area is 98.0 Å². The van der Waals surface area contributed by atoms with Crippen molar-refractivity contribution in [3.05, 3.63) is 71.1 Å². The zero-order valence-corrected chi connectivity index (χ0v) is 9.08. The lowest BCUT2D eigenvalue weighted by Gasteiger charge is -2.08. The quantitative estimate of drug-likeness (QED) is 0.633. The fourth-order valence-corrected chi connectivity index (χ4v) is 1.91. The molecule has 0 aliphatic heterocycles. The second-order valence-electron chi connectivity index (χ2n) is 3.75. The second kappa shape index (κ2) is 3.87. The Morgan fingerprint density at radius 2 is 1.71 bits per heavy atom. The minimum Gasteiger partial charge on any atom is -0.269 e. The number of hydrogen-bond acceptors (Lipinski definition) is 2. The summed E-state index contributed by atoms with van der Waals surface area (Å²) < 4.78 is 1.62. The SMILES string of the molecule is O=c1ccc2ccccc2n1-c1ccccn1. The molecule has 82 valence electrons. The van der Waals surface area contributed by atoms with Crippen LogP contribution in [0.2, 0.25) is 0 Å². The van der Waals surface area contributed by atoms with Crippen molar-refractivity contribution in [2.45, 2.75) is 0 Å². The van der Waals surface area contributed by atoms with Crippen LogP contribution in [0.25, 0.3) is 16.7 Å². The van der Waals surface area contributed by atoms with Gasteiger partial charge in [0.15, 0.2) is 0 Å². The third-order valence-electron chi connectivity index (χ3n) is 2.68. The molecule has 0 bridgehead atoms. The van der Waals surface area contributed by atoms with Gasteiger partial charge in [0.05, 0.1) is 5.52 Å². The largest absolute Gasteiger partial charge is 0.269 e. The zero-order valence-electron chi connectivity index (χ0n) is 9.08. The lowest BCUT2D eigenvalue weighted by Crippen LogP contribution is -2.18. The fourth-order valence-electron chi connectivity index (χ4n) is 1.91. The summed E-state index contributed by atoms with van der Waals surface area (Å²) in [7, 11) is 0. The molecule has 3 nitrogen and oxygen atoms in total. The molecule has 3 aromatic rings. The predicted molar refractivity (Wildman–Crippen MR) is 67.3 cm³/mol. The first-order chi connectivity index (χ1) is 8.36. The molecule has 0 fully saturated rings. The van der Waals surface area contributed by atoms with Crippen molar-refractivity contribution in [3.8, 4) is 5.82 Å². The predicted octanol–water partition coefficient (Wildman–Crippen LogP) is 2.39. The maximum Gasteiger partial charge on any atom is 0.256 e. The molecule has 0 spiro atoms. The third-order valence-corrected chi connectivity index (χ3v) is 2.68. The number of rotatable bonds is 1. The van der Waals surface area contributed by atoms with Crippen LogP contribution in [0, 0.1) is 0 Å². The summed E-state index contributed by atoms with van der Waals surface area (Å²) in [4.78, 5) is 16.2. The number of para-hydroxylation sites is 1. The molecule has 0 atom stereocenters. The highest BCUT2D eigenvalue weighted by molar-refractivity contribution is 5.80. The lowest BCUT2D eigenvalue weighted by molar-refractivity contribution is 0.984. The summed E-state index contributed by atoms with van der Waals surface area (Å²) in [5, 5.41) is 1.03. The van der Waals surface area contributed by atoms with E-state index in [1.165, 1.54) is 0 Å². The van der Waals surface area contributed by atoms with Crippen LogP contribution in [0.1, 0.15) is 0 Å². The number of fused-ring (bicyclic) bond motifs is 1. The van der Waals surface area contributed by atoms with E-state index in [4.69, 9.17) is 0 Å². The molecule has 1 aromatic carbocycles. The van der Waals surface area contributed by atoms with Crippen molar-refractivity contribution in [1.29, 1.82) is 0 Å². The average Bonchev–Trinajstić information content (AvgIpc) is 2.39. The summed E-state index contributed by atoms with van der Waals surface area (Å²) >= 11 is 0. The molecule has 2 heterocycles. The average molecular weight is 222 g/mol. The van der Waals surface area contributed by atoms with Gasteiger partial charge in [-0.15, -0.1) is 0 Å². The summed E-state index contributed by atoms with van der Waals surface area (Å²) in [6, 6.07) is 16.7. The smallest absolute Gasteiger partial charge is 0.256 e. The summed E-state index contributed by atoms with van der Waals surface area (Å²) in [6.07, 6.45) is 1.68. The number of aromatic nitrogens is 2. The van der Waals surface area contributed by atoms with Gasteiger partial charge < -0.3 is 0 Å². The first kappa shape index (κ1) is 9.78. The second-order valence-corrected chi connectivity index (χ2v) is 3.75. The van der Waals surface area contributed by atoms with Gasteiger partial charge >= 0.3 is 0 Å². The summed E-state index contributed by atoms with van der Waals surface area (Å²) in [6.45, 7) is 0. The van der Waals surface area contributed by atoms with Crippen molar-refractivity contribution in [2.24, 2.45) is 0 Å². The molecular formula is C14H10N2O. The Hall–Kier alpha value is -2.42. The number of hydrogen-bond donors (Lipinski definition) is 0. The zero-order chi connectivity index (χ0) is 11.7. The minimum absolute atomic E-state index is 0.0672. The number of benzene rings is 1. The van der Waals surface area contributed by atoms with E-state index in [0.29, 0.717) is 5.82 Å². The lowest BCUT2D eigenvalue weighted by atomic mass is 10.2. The van der Waals surface area contributed by atoms with Crippen LogP contribution in [0.5, 0.6) is 0 Å². The molecule has 0 N–H and O–H groups in total. The van der Waals surface area contributed by atoms with Gasteiger partial charge in [-0.2, -0.15) is 0 Å². The molecule has 3 rings (SSSR count). The van der Waals surface area contributed by atoms with Gasteiger partial charge in [-0.3, -0.25) is 9.36 Å². The van der Waals surface area contributed by atoms with Crippen LogP contribution in [-0.4, -0.2) is 9.55 Å². The Bertz CT molecular complexity index is 717. The molecule has 0 saturated carbocycles. The molecule has 0 saturated heterocycles. The first-order valence-electron chi connectivity index (χ1n) is 5.38. The maximum absolute atomic E-state index is 12.0. The minimum atomic E-state index is -0.0672. The van der Waals surface area contributed by atoms with E-state index in [1.807, 2.05) is 48.5 Å². The highest BCUT2D eigenvalue weighted by Crippen LogP contribution is 2.14. The monoisotopic (exact) mass is 222 g/mol. The van der Waals surface area contributed by atoms with Crippen LogP contribution < -0.4 is 5.56 Å². The van der Waals surface area contributed by atoms with E-state index in [0.717, 1.165) is 10.9 Å². The summed E-state index contributed by atoms with van der Waals surface area (Å²) in [5.74, 6) is 0.648. The van der Waals surface area contributed by atoms with E-state index in [1.54, 1.807) is 16.8 Å². The Balaban J connectivity index is 2.43. The van der Waals surface area contributed by atoms with E-state index in [-0.39, 0.29) is 5.56 Å². The van der Waals surface area contributed by atoms with Crippen LogP contribution in [0.15, 0.2) is 65.6 Å². The normalized spacial score (nSPS) is 10.6. The molecule has 0 unspecified atom stereocenters. The van der Waals surface area contributed by atoms with Gasteiger partial charge in [-0.1, -0.05) is 24.3 Å². The van der Waals surface area contributed by atoms with Gasteiger partial charge in [0, 0.05) is 12.3 Å². The van der Waals surface area contributed by atoms with E-state index < -0.39 is 0 Å². The fraction of sp³-hybridized carbons (Fsp3) is 0. The van der Waals surface area contributed by atoms with E-state index >= 15 is 0 Å². The Morgan fingerprint density at radius 1 is 0.882 bits per heavy atom. The van der Waals surface area contributed by atoms with Crippen LogP contribution in [0.4, 0.5) is 0 Å². The molecule has 0 radical (unpaired) electrons. The maximum atomic E-state index is 12.0. The van der Waals surface area contributed by atoms with Gasteiger partial charge in [0.25, 0.3) is 5.56 Å². The highest BCUT2D eigenvalue weighted by atomic mass is 16.1. The van der Waals surface area contributed by atoms with Crippen molar-refractivity contribution in [2.75, 3.05) is 0 Å². The van der Waals surface area contributed by atoms with Crippen LogP contribution >= 0.6 is 0 Å². The molecule has 0 amide bonds. The van der Waals surface area contributed by atoms with Gasteiger partial charge in [0.2, 0.25) is 0 Å². The molecule has 3 heteroatoms. The molecular weight excluding hydrogens is 212 g/mol. The highest BCUT2D eigenvalue weighted by Gasteiger charge is 2.04. The van der Waals surface area contributed by atoms with E-state index in [9.17, 15) is 4.79 Å². The molecule has 2 aromatic heterocycles. The standard InChI is InChI=1S/C14H10N2O/c17-14-9-8-11-5-1-2-6-12(11)16(14)13-7-3-4-10-15-13/h1-10H. The van der Waals surface area contributed by atoms with E-state index in [2.05, 4.69) is 4.98 Å². The van der Waals surface area contributed by atoms with Crippen molar-refractivity contribution in [3.63, 3.8) is 0 Å². The third kappa shape index (κ3) is 1.61. The van der Waals surface area contributed by atoms with Gasteiger partial charge in [-0.25, -0.2) is 4.98 Å². The Morgan fingerprint density at radius 3 is 2.53 bits per heavy atom. The topological polar surface area (TPSA) is 34.9 Å². The van der Waals surface area contributed by atoms with Crippen molar-refractivity contribution >= 4 is 10.9 Å². The van der Waals surface area contributed by atoms with Crippen molar-refractivity contribution < 1.29 is 0 Å². The van der Waals surface area contributed by atoms with Gasteiger partial charge in [0.1, 0.15) is 5.82 Å². The first-order valence-corrected chi connectivity index (χ1v) is 5.38. The van der Waals surface area contributed by atoms with Gasteiger partial charge in [-0.05, 0) is 29.7 Å². The van der Waals surface area contributed by atoms with Crippen LogP contribution in [0.3, 0.4) is 0 Å². The number of nitrogens with zero attached hydrogens (tertiary/aromatic N) is 2.